The molecule has 0 radical (unpaired) electrons. The molecule has 1 aliphatic rings. The lowest BCUT2D eigenvalue weighted by Gasteiger charge is -2.26. The molecule has 1 N–H and O–H groups in total. The van der Waals surface area contributed by atoms with E-state index < -0.39 is 0 Å². The Hall–Kier alpha value is -2.39. The van der Waals surface area contributed by atoms with E-state index in [2.05, 4.69) is 26.5 Å². The van der Waals surface area contributed by atoms with Crippen LogP contribution in [0.15, 0.2) is 30.3 Å². The van der Waals surface area contributed by atoms with E-state index in [1.807, 2.05) is 30.3 Å². The average molecular weight is 254 g/mol. The lowest BCUT2D eigenvalue weighted by molar-refractivity contribution is 0.582. The van der Waals surface area contributed by atoms with Crippen molar-refractivity contribution in [2.24, 2.45) is 0 Å². The number of aromatic nitrogens is 3. The summed E-state index contributed by atoms with van der Waals surface area (Å²) in [7, 11) is 0. The van der Waals surface area contributed by atoms with E-state index in [0.717, 1.165) is 31.9 Å². The molecule has 0 unspecified atom stereocenters. The molecule has 1 fully saturated rings. The van der Waals surface area contributed by atoms with Gasteiger partial charge in [-0.15, -0.1) is 15.0 Å². The fourth-order valence-electron chi connectivity index (χ4n) is 2.14. The quantitative estimate of drug-likeness (QED) is 0.847. The van der Waals surface area contributed by atoms with Gasteiger partial charge in [-0.3, -0.25) is 0 Å². The number of rotatable bonds is 2. The number of nitriles is 1. The molecule has 0 amide bonds. The van der Waals surface area contributed by atoms with Gasteiger partial charge in [-0.25, -0.2) is 0 Å². The summed E-state index contributed by atoms with van der Waals surface area (Å²) in [5.41, 5.74) is 1.24. The molecule has 0 spiro atoms. The maximum absolute atomic E-state index is 9.20. The van der Waals surface area contributed by atoms with Gasteiger partial charge in [0.15, 0.2) is 5.82 Å². The highest BCUT2D eigenvalue weighted by Crippen LogP contribution is 2.17. The van der Waals surface area contributed by atoms with Crippen molar-refractivity contribution >= 4 is 5.82 Å². The van der Waals surface area contributed by atoms with Gasteiger partial charge < -0.3 is 10.2 Å². The van der Waals surface area contributed by atoms with Crippen molar-refractivity contribution in [3.63, 3.8) is 0 Å². The molecule has 1 aromatic heterocycles. The minimum Gasteiger partial charge on any atom is -0.350 e. The maximum Gasteiger partial charge on any atom is 0.207 e. The summed E-state index contributed by atoms with van der Waals surface area (Å²) in [5.74, 6) is 0.674. The Morgan fingerprint density at radius 2 is 1.84 bits per heavy atom. The van der Waals surface area contributed by atoms with Crippen LogP contribution in [0.4, 0.5) is 5.82 Å². The monoisotopic (exact) mass is 254 g/mol. The van der Waals surface area contributed by atoms with Crippen molar-refractivity contribution in [1.29, 1.82) is 5.26 Å². The second-order valence-corrected chi connectivity index (χ2v) is 4.35. The molecule has 6 heteroatoms. The highest BCUT2D eigenvalue weighted by atomic mass is 15.5. The molecule has 0 aliphatic carbocycles. The molecule has 2 aromatic rings. The van der Waals surface area contributed by atoms with Gasteiger partial charge in [0, 0.05) is 26.2 Å². The first-order chi connectivity index (χ1) is 9.38. The Morgan fingerprint density at radius 3 is 2.53 bits per heavy atom. The molecule has 0 bridgehead atoms. The molecule has 0 atom stereocenters. The van der Waals surface area contributed by atoms with Gasteiger partial charge in [-0.1, -0.05) is 18.2 Å². The number of benzene rings is 1. The zero-order valence-electron chi connectivity index (χ0n) is 10.5. The number of para-hydroxylation sites is 1. The first kappa shape index (κ1) is 11.7. The smallest absolute Gasteiger partial charge is 0.207 e. The van der Waals surface area contributed by atoms with Crippen LogP contribution in [0, 0.1) is 11.3 Å². The lowest BCUT2D eigenvalue weighted by Crippen LogP contribution is -2.44. The highest BCUT2D eigenvalue weighted by Gasteiger charge is 2.19. The van der Waals surface area contributed by atoms with E-state index in [1.165, 1.54) is 4.80 Å². The van der Waals surface area contributed by atoms with Crippen LogP contribution in [0.2, 0.25) is 0 Å². The topological polar surface area (TPSA) is 69.8 Å². The molecule has 1 saturated heterocycles. The standard InChI is InChI=1S/C13H14N6/c14-10-12-13(18-8-6-15-7-9-18)17-19(16-12)11-4-2-1-3-5-11/h1-5,15H,6-9H2. The van der Waals surface area contributed by atoms with Crippen molar-refractivity contribution in [3.8, 4) is 11.8 Å². The van der Waals surface area contributed by atoms with Crippen LogP contribution in [0.3, 0.4) is 0 Å². The van der Waals surface area contributed by atoms with Crippen LogP contribution in [-0.2, 0) is 0 Å². The largest absolute Gasteiger partial charge is 0.350 e. The Morgan fingerprint density at radius 1 is 1.11 bits per heavy atom. The molecule has 3 rings (SSSR count). The van der Waals surface area contributed by atoms with Gasteiger partial charge in [0.05, 0.1) is 5.69 Å². The molecule has 1 aliphatic heterocycles. The van der Waals surface area contributed by atoms with Crippen LogP contribution in [0.5, 0.6) is 0 Å². The third kappa shape index (κ3) is 2.28. The molecule has 96 valence electrons. The molecule has 1 aromatic carbocycles. The van der Waals surface area contributed by atoms with Gasteiger partial charge >= 0.3 is 0 Å². The minimum atomic E-state index is 0.380. The SMILES string of the molecule is N#Cc1nn(-c2ccccc2)nc1N1CCNCC1. The zero-order valence-corrected chi connectivity index (χ0v) is 10.5. The Bertz CT molecular complexity index is 591. The van der Waals surface area contributed by atoms with Gasteiger partial charge in [0.1, 0.15) is 6.07 Å². The number of hydrogen-bond donors (Lipinski definition) is 1. The molecule has 6 nitrogen and oxygen atoms in total. The Kier molecular flexibility index (Phi) is 3.12. The summed E-state index contributed by atoms with van der Waals surface area (Å²) in [4.78, 5) is 3.62. The van der Waals surface area contributed by atoms with Gasteiger partial charge in [0.2, 0.25) is 5.69 Å². The minimum absolute atomic E-state index is 0.380. The Balaban J connectivity index is 1.97. The summed E-state index contributed by atoms with van der Waals surface area (Å²) in [6.45, 7) is 3.51. The van der Waals surface area contributed by atoms with E-state index in [-0.39, 0.29) is 0 Å². The first-order valence-electron chi connectivity index (χ1n) is 6.27. The number of anilines is 1. The highest BCUT2D eigenvalue weighted by molar-refractivity contribution is 5.50. The normalized spacial score (nSPS) is 15.2. The van der Waals surface area contributed by atoms with E-state index in [9.17, 15) is 5.26 Å². The zero-order chi connectivity index (χ0) is 13.1. The number of nitrogens with one attached hydrogen (secondary N) is 1. The summed E-state index contributed by atoms with van der Waals surface area (Å²) in [5, 5.41) is 21.2. The summed E-state index contributed by atoms with van der Waals surface area (Å²) < 4.78 is 0. The van der Waals surface area contributed by atoms with Crippen LogP contribution >= 0.6 is 0 Å². The van der Waals surface area contributed by atoms with Gasteiger partial charge in [-0.2, -0.15) is 5.26 Å². The summed E-state index contributed by atoms with van der Waals surface area (Å²) in [6.07, 6.45) is 0. The average Bonchev–Trinajstić information content (AvgIpc) is 2.93. The fraction of sp³-hybridized carbons (Fsp3) is 0.308. The van der Waals surface area contributed by atoms with Gasteiger partial charge in [0.25, 0.3) is 0 Å². The van der Waals surface area contributed by atoms with E-state index in [1.54, 1.807) is 0 Å². The molecular weight excluding hydrogens is 240 g/mol. The molecular formula is C13H14N6. The predicted octanol–water partition coefficient (Wildman–Crippen LogP) is 0.549. The van der Waals surface area contributed by atoms with Crippen molar-refractivity contribution < 1.29 is 0 Å². The second-order valence-electron chi connectivity index (χ2n) is 4.35. The van der Waals surface area contributed by atoms with E-state index >= 15 is 0 Å². The van der Waals surface area contributed by atoms with Crippen LogP contribution in [0.1, 0.15) is 5.69 Å². The van der Waals surface area contributed by atoms with Gasteiger partial charge in [-0.05, 0) is 12.1 Å². The molecule has 0 saturated carbocycles. The third-order valence-corrected chi connectivity index (χ3v) is 3.11. The summed E-state index contributed by atoms with van der Waals surface area (Å²) in [6, 6.07) is 11.8. The van der Waals surface area contributed by atoms with E-state index in [0.29, 0.717) is 11.5 Å². The molecule has 19 heavy (non-hydrogen) atoms. The first-order valence-corrected chi connectivity index (χ1v) is 6.27. The van der Waals surface area contributed by atoms with Crippen LogP contribution in [0.25, 0.3) is 5.69 Å². The van der Waals surface area contributed by atoms with E-state index in [4.69, 9.17) is 0 Å². The fourth-order valence-corrected chi connectivity index (χ4v) is 2.14. The number of hydrogen-bond acceptors (Lipinski definition) is 5. The number of nitrogens with zero attached hydrogens (tertiary/aromatic N) is 5. The maximum atomic E-state index is 9.20. The van der Waals surface area contributed by atoms with Crippen LogP contribution in [-0.4, -0.2) is 41.2 Å². The van der Waals surface area contributed by atoms with Crippen molar-refractivity contribution in [3.05, 3.63) is 36.0 Å². The summed E-state index contributed by atoms with van der Waals surface area (Å²) >= 11 is 0. The van der Waals surface area contributed by atoms with Crippen molar-refractivity contribution in [2.75, 3.05) is 31.1 Å². The second kappa shape index (κ2) is 5.08. The van der Waals surface area contributed by atoms with Crippen molar-refractivity contribution in [2.45, 2.75) is 0 Å². The Labute approximate surface area is 111 Å². The third-order valence-electron chi connectivity index (χ3n) is 3.11. The molecule has 2 heterocycles. The van der Waals surface area contributed by atoms with Crippen LogP contribution < -0.4 is 10.2 Å². The van der Waals surface area contributed by atoms with Crippen molar-refractivity contribution in [1.82, 2.24) is 20.3 Å². The lowest BCUT2D eigenvalue weighted by atomic mass is 10.3. The number of piperazine rings is 1. The predicted molar refractivity (Wildman–Crippen MR) is 71.2 cm³/mol.